The van der Waals surface area contributed by atoms with E-state index in [-0.39, 0.29) is 5.91 Å². The van der Waals surface area contributed by atoms with Crippen LogP contribution in [0.4, 0.5) is 5.69 Å². The number of carbonyl (C=O) groups is 1. The Morgan fingerprint density at radius 3 is 2.31 bits per heavy atom. The van der Waals surface area contributed by atoms with Crippen LogP contribution in [0.2, 0.25) is 5.02 Å². The second kappa shape index (κ2) is 10.1. The van der Waals surface area contributed by atoms with Gasteiger partial charge in [0.2, 0.25) is 15.9 Å². The summed E-state index contributed by atoms with van der Waals surface area (Å²) < 4.78 is 25.7. The molecule has 0 heterocycles. The van der Waals surface area contributed by atoms with Crippen LogP contribution < -0.4 is 9.62 Å². The van der Waals surface area contributed by atoms with Gasteiger partial charge in [0.1, 0.15) is 6.04 Å². The molecule has 5 nitrogen and oxygen atoms in total. The third kappa shape index (κ3) is 6.75. The first-order chi connectivity index (χ1) is 13.6. The van der Waals surface area contributed by atoms with Crippen molar-refractivity contribution in [2.45, 2.75) is 45.6 Å². The van der Waals surface area contributed by atoms with Crippen molar-refractivity contribution in [3.63, 3.8) is 0 Å². The van der Waals surface area contributed by atoms with Crippen molar-refractivity contribution in [1.82, 2.24) is 5.32 Å². The first-order valence-electron chi connectivity index (χ1n) is 9.71. The summed E-state index contributed by atoms with van der Waals surface area (Å²) >= 11 is 5.99. The summed E-state index contributed by atoms with van der Waals surface area (Å²) in [5.41, 5.74) is 2.89. The van der Waals surface area contributed by atoms with Gasteiger partial charge >= 0.3 is 0 Å². The van der Waals surface area contributed by atoms with Crippen LogP contribution in [0.1, 0.15) is 44.2 Å². The number of aryl methyl sites for hydroxylation is 1. The fraction of sp³-hybridized carbons (Fsp3) is 0.409. The molecule has 0 spiro atoms. The van der Waals surface area contributed by atoms with Crippen LogP contribution >= 0.6 is 11.6 Å². The highest BCUT2D eigenvalue weighted by atomic mass is 35.5. The van der Waals surface area contributed by atoms with Crippen LogP contribution in [0.25, 0.3) is 0 Å². The molecule has 2 aromatic rings. The summed E-state index contributed by atoms with van der Waals surface area (Å²) in [4.78, 5) is 12.6. The lowest BCUT2D eigenvalue weighted by molar-refractivity contribution is -0.121. The van der Waals surface area contributed by atoms with Gasteiger partial charge in [-0.25, -0.2) is 8.42 Å². The third-order valence-electron chi connectivity index (χ3n) is 4.74. The fourth-order valence-corrected chi connectivity index (χ4v) is 4.49. The molecule has 0 aromatic heterocycles. The summed E-state index contributed by atoms with van der Waals surface area (Å²) in [5.74, 6) is 0.160. The second-order valence-corrected chi connectivity index (χ2v) is 9.80. The Kier molecular flexibility index (Phi) is 8.11. The SMILES string of the molecule is CC(C)c1ccc(CCCNC(=O)[C@H](C)N(c2cccc(Cl)c2)S(C)(=O)=O)cc1. The van der Waals surface area contributed by atoms with E-state index >= 15 is 0 Å². The lowest BCUT2D eigenvalue weighted by atomic mass is 10.0. The maximum atomic E-state index is 12.6. The molecule has 0 aliphatic heterocycles. The minimum atomic E-state index is -3.65. The number of amides is 1. The molecule has 0 aliphatic rings. The fourth-order valence-electron chi connectivity index (χ4n) is 3.14. The molecule has 0 saturated carbocycles. The van der Waals surface area contributed by atoms with Crippen LogP contribution in [0.5, 0.6) is 0 Å². The Labute approximate surface area is 179 Å². The van der Waals surface area contributed by atoms with Crippen molar-refractivity contribution in [1.29, 1.82) is 0 Å². The van der Waals surface area contributed by atoms with Gasteiger partial charge in [-0.05, 0) is 55.0 Å². The van der Waals surface area contributed by atoms with Gasteiger partial charge < -0.3 is 5.32 Å². The van der Waals surface area contributed by atoms with E-state index in [1.54, 1.807) is 25.1 Å². The van der Waals surface area contributed by atoms with Crippen LogP contribution in [-0.2, 0) is 21.2 Å². The summed E-state index contributed by atoms with van der Waals surface area (Å²) in [6.45, 7) is 6.37. The maximum absolute atomic E-state index is 12.6. The Balaban J connectivity index is 1.94. The molecule has 0 aliphatic carbocycles. The minimum absolute atomic E-state index is 0.342. The van der Waals surface area contributed by atoms with E-state index in [0.29, 0.717) is 23.2 Å². The zero-order valence-electron chi connectivity index (χ0n) is 17.4. The van der Waals surface area contributed by atoms with Crippen molar-refractivity contribution < 1.29 is 13.2 Å². The number of anilines is 1. The molecular formula is C22H29ClN2O3S. The van der Waals surface area contributed by atoms with Gasteiger partial charge in [-0.1, -0.05) is 55.8 Å². The average Bonchev–Trinajstić information content (AvgIpc) is 2.64. The van der Waals surface area contributed by atoms with Gasteiger partial charge in [0.15, 0.2) is 0 Å². The van der Waals surface area contributed by atoms with E-state index in [9.17, 15) is 13.2 Å². The molecule has 29 heavy (non-hydrogen) atoms. The van der Waals surface area contributed by atoms with Gasteiger partial charge in [0.05, 0.1) is 11.9 Å². The Morgan fingerprint density at radius 2 is 1.76 bits per heavy atom. The van der Waals surface area contributed by atoms with E-state index in [1.165, 1.54) is 17.2 Å². The second-order valence-electron chi connectivity index (χ2n) is 7.51. The number of sulfonamides is 1. The molecule has 0 fully saturated rings. The quantitative estimate of drug-likeness (QED) is 0.593. The standard InChI is InChI=1S/C22H29ClN2O3S/c1-16(2)19-12-10-18(11-13-19)7-6-14-24-22(26)17(3)25(29(4,27)28)21-9-5-8-20(23)15-21/h5,8-13,15-17H,6-7,14H2,1-4H3,(H,24,26)/t17-/m0/s1. The number of hydrogen-bond acceptors (Lipinski definition) is 3. The highest BCUT2D eigenvalue weighted by molar-refractivity contribution is 7.92. The maximum Gasteiger partial charge on any atom is 0.243 e. The van der Waals surface area contributed by atoms with Gasteiger partial charge in [-0.3, -0.25) is 9.10 Å². The molecule has 2 rings (SSSR count). The van der Waals surface area contributed by atoms with Crippen molar-refractivity contribution in [3.05, 3.63) is 64.7 Å². The van der Waals surface area contributed by atoms with Crippen LogP contribution in [-0.4, -0.2) is 33.2 Å². The molecule has 2 aromatic carbocycles. The number of nitrogens with zero attached hydrogens (tertiary/aromatic N) is 1. The van der Waals surface area contributed by atoms with Crippen molar-refractivity contribution in [2.75, 3.05) is 17.1 Å². The minimum Gasteiger partial charge on any atom is -0.354 e. The smallest absolute Gasteiger partial charge is 0.243 e. The Hall–Kier alpha value is -2.05. The number of carbonyl (C=O) groups excluding carboxylic acids is 1. The van der Waals surface area contributed by atoms with Gasteiger partial charge in [0.25, 0.3) is 0 Å². The topological polar surface area (TPSA) is 66.5 Å². The lowest BCUT2D eigenvalue weighted by Gasteiger charge is -2.28. The Bertz CT molecular complexity index is 927. The third-order valence-corrected chi connectivity index (χ3v) is 6.22. The van der Waals surface area contributed by atoms with Crippen LogP contribution in [0.15, 0.2) is 48.5 Å². The molecule has 1 N–H and O–H groups in total. The molecule has 158 valence electrons. The van der Waals surface area contributed by atoms with E-state index < -0.39 is 16.1 Å². The van der Waals surface area contributed by atoms with E-state index in [1.807, 2.05) is 0 Å². The van der Waals surface area contributed by atoms with Crippen molar-refractivity contribution >= 4 is 33.2 Å². The highest BCUT2D eigenvalue weighted by Crippen LogP contribution is 2.24. The molecule has 0 radical (unpaired) electrons. The zero-order chi connectivity index (χ0) is 21.6. The van der Waals surface area contributed by atoms with Gasteiger partial charge in [0, 0.05) is 11.6 Å². The summed E-state index contributed by atoms with van der Waals surface area (Å²) in [6.07, 6.45) is 2.70. The van der Waals surface area contributed by atoms with Gasteiger partial charge in [-0.15, -0.1) is 0 Å². The van der Waals surface area contributed by atoms with E-state index in [2.05, 4.69) is 43.4 Å². The molecule has 1 amide bonds. The summed E-state index contributed by atoms with van der Waals surface area (Å²) in [6, 6.07) is 14.1. The van der Waals surface area contributed by atoms with Crippen LogP contribution in [0, 0.1) is 0 Å². The number of hydrogen-bond donors (Lipinski definition) is 1. The highest BCUT2D eigenvalue weighted by Gasteiger charge is 2.29. The Morgan fingerprint density at radius 1 is 1.10 bits per heavy atom. The van der Waals surface area contributed by atoms with E-state index in [0.717, 1.165) is 23.4 Å². The number of halogens is 1. The summed E-state index contributed by atoms with van der Waals surface area (Å²) in [7, 11) is -3.65. The molecule has 0 saturated heterocycles. The zero-order valence-corrected chi connectivity index (χ0v) is 18.9. The number of nitrogens with one attached hydrogen (secondary N) is 1. The predicted octanol–water partition coefficient (Wildman–Crippen LogP) is 4.37. The molecular weight excluding hydrogens is 408 g/mol. The van der Waals surface area contributed by atoms with Crippen molar-refractivity contribution in [3.8, 4) is 0 Å². The number of benzene rings is 2. The summed E-state index contributed by atoms with van der Waals surface area (Å²) in [5, 5.41) is 3.25. The molecule has 1 atom stereocenters. The van der Waals surface area contributed by atoms with Crippen LogP contribution in [0.3, 0.4) is 0 Å². The normalized spacial score (nSPS) is 12.6. The first kappa shape index (κ1) is 23.2. The molecule has 0 bridgehead atoms. The van der Waals surface area contributed by atoms with Gasteiger partial charge in [-0.2, -0.15) is 0 Å². The van der Waals surface area contributed by atoms with E-state index in [4.69, 9.17) is 11.6 Å². The number of rotatable bonds is 9. The molecule has 7 heteroatoms. The molecule has 0 unspecified atom stereocenters. The monoisotopic (exact) mass is 436 g/mol. The largest absolute Gasteiger partial charge is 0.354 e. The predicted molar refractivity (Wildman–Crippen MR) is 120 cm³/mol. The average molecular weight is 437 g/mol. The first-order valence-corrected chi connectivity index (χ1v) is 11.9. The lowest BCUT2D eigenvalue weighted by Crippen LogP contribution is -2.48. The van der Waals surface area contributed by atoms with Crippen molar-refractivity contribution in [2.24, 2.45) is 0 Å².